The zero-order valence-electron chi connectivity index (χ0n) is 16.9. The topological polar surface area (TPSA) is 78.4 Å². The van der Waals surface area contributed by atoms with Crippen molar-refractivity contribution in [1.29, 1.82) is 0 Å². The molecule has 0 atom stereocenters. The van der Waals surface area contributed by atoms with Crippen molar-refractivity contribution in [1.82, 2.24) is 10.3 Å². The minimum Gasteiger partial charge on any atom is -0.325 e. The molecule has 2 aromatic carbocycles. The minimum atomic E-state index is -4.53. The van der Waals surface area contributed by atoms with E-state index < -0.39 is 23.5 Å². The average Bonchev–Trinajstić information content (AvgIpc) is 2.73. The number of nitrogens with zero attached hydrogens (tertiary/aromatic N) is 2. The number of pyridine rings is 1. The molecule has 0 aliphatic carbocycles. The summed E-state index contributed by atoms with van der Waals surface area (Å²) in [6, 6.07) is 12.3. The van der Waals surface area contributed by atoms with Gasteiger partial charge < -0.3 is 10.0 Å². The Balaban J connectivity index is 1.90. The number of hydrogen-bond donors (Lipinski definition) is 3. The van der Waals surface area contributed by atoms with E-state index in [9.17, 15) is 22.4 Å². The minimum absolute atomic E-state index is 0.0412. The number of carbonyl (C=O) groups excluding carboxylic acids is 1. The van der Waals surface area contributed by atoms with Gasteiger partial charge in [-0.2, -0.15) is 18.2 Å². The summed E-state index contributed by atoms with van der Waals surface area (Å²) in [5.74, 6) is -0.799. The van der Waals surface area contributed by atoms with Crippen molar-refractivity contribution in [2.75, 3.05) is 16.3 Å². The van der Waals surface area contributed by atoms with Crippen LogP contribution in [-0.2, 0) is 6.18 Å². The first-order chi connectivity index (χ1) is 15.6. The Labute approximate surface area is 195 Å². The third kappa shape index (κ3) is 7.09. The average molecular weight is 498 g/mol. The fraction of sp³-hybridized carbons (Fsp3) is 0.0952. The van der Waals surface area contributed by atoms with Crippen LogP contribution in [0.25, 0.3) is 0 Å². The van der Waals surface area contributed by atoms with Gasteiger partial charge in [0.1, 0.15) is 11.6 Å². The van der Waals surface area contributed by atoms with Gasteiger partial charge in [-0.15, -0.1) is 0 Å². The highest BCUT2D eigenvalue weighted by molar-refractivity contribution is 7.99. The van der Waals surface area contributed by atoms with Gasteiger partial charge in [0, 0.05) is 22.5 Å². The lowest BCUT2D eigenvalue weighted by atomic mass is 10.1. The molecule has 3 aromatic rings. The SMILES string of the molecule is CSNc1cccc(/N=C(/NC(=O)c2ccc(C(F)(F)F)cc2)Nc2cc(F)cc(Cl)c2)n1. The lowest BCUT2D eigenvalue weighted by Crippen LogP contribution is -2.36. The second-order valence-electron chi connectivity index (χ2n) is 6.46. The van der Waals surface area contributed by atoms with Gasteiger partial charge in [0.15, 0.2) is 5.82 Å². The molecular formula is C21H16ClF4N5OS. The largest absolute Gasteiger partial charge is 0.416 e. The number of guanidine groups is 1. The number of alkyl halides is 3. The number of carbonyl (C=O) groups is 1. The van der Waals surface area contributed by atoms with Crippen molar-refractivity contribution in [3.8, 4) is 0 Å². The number of hydrogen-bond acceptors (Lipinski definition) is 5. The maximum absolute atomic E-state index is 13.7. The predicted octanol–water partition coefficient (Wildman–Crippen LogP) is 6.11. The van der Waals surface area contributed by atoms with Crippen molar-refractivity contribution < 1.29 is 22.4 Å². The molecule has 3 N–H and O–H groups in total. The molecule has 0 saturated heterocycles. The predicted molar refractivity (Wildman–Crippen MR) is 122 cm³/mol. The number of benzene rings is 2. The maximum atomic E-state index is 13.7. The summed E-state index contributed by atoms with van der Waals surface area (Å²) in [6.07, 6.45) is -2.72. The van der Waals surface area contributed by atoms with Gasteiger partial charge in [-0.05, 0) is 54.6 Å². The van der Waals surface area contributed by atoms with Gasteiger partial charge in [-0.3, -0.25) is 10.1 Å². The first kappa shape index (κ1) is 24.3. The zero-order chi connectivity index (χ0) is 24.0. The molecule has 0 radical (unpaired) electrons. The summed E-state index contributed by atoms with van der Waals surface area (Å²) < 4.78 is 55.0. The van der Waals surface area contributed by atoms with Crippen LogP contribution in [0.5, 0.6) is 0 Å². The second kappa shape index (κ2) is 10.5. The van der Waals surface area contributed by atoms with Crippen molar-refractivity contribution in [3.63, 3.8) is 0 Å². The van der Waals surface area contributed by atoms with Crippen molar-refractivity contribution in [2.45, 2.75) is 6.18 Å². The van der Waals surface area contributed by atoms with Crippen LogP contribution in [0.1, 0.15) is 15.9 Å². The van der Waals surface area contributed by atoms with Gasteiger partial charge >= 0.3 is 6.18 Å². The van der Waals surface area contributed by atoms with E-state index in [0.29, 0.717) is 5.82 Å². The number of aromatic nitrogens is 1. The van der Waals surface area contributed by atoms with E-state index in [1.54, 1.807) is 18.2 Å². The first-order valence-corrected chi connectivity index (χ1v) is 10.8. The fourth-order valence-corrected chi connectivity index (χ4v) is 3.15. The standard InChI is InChI=1S/C21H16ClF4N5OS/c1-33-31-18-4-2-3-17(28-18)29-20(27-16-10-14(22)9-15(23)11-16)30-19(32)12-5-7-13(8-6-12)21(24,25)26/h2-11H,1H3,(H3,27,28,29,30,31,32). The Bertz CT molecular complexity index is 1150. The van der Waals surface area contributed by atoms with Crippen molar-refractivity contribution >= 4 is 52.7 Å². The van der Waals surface area contributed by atoms with Crippen LogP contribution in [0.15, 0.2) is 65.7 Å². The Morgan fingerprint density at radius 1 is 1.09 bits per heavy atom. The van der Waals surface area contributed by atoms with E-state index in [1.807, 2.05) is 6.26 Å². The number of amides is 1. The molecule has 0 unspecified atom stereocenters. The highest BCUT2D eigenvalue weighted by Crippen LogP contribution is 2.29. The van der Waals surface area contributed by atoms with Crippen molar-refractivity contribution in [2.24, 2.45) is 4.99 Å². The zero-order valence-corrected chi connectivity index (χ0v) is 18.4. The Morgan fingerprint density at radius 3 is 2.45 bits per heavy atom. The van der Waals surface area contributed by atoms with E-state index in [0.717, 1.165) is 36.4 Å². The van der Waals surface area contributed by atoms with Crippen LogP contribution in [0.2, 0.25) is 5.02 Å². The van der Waals surface area contributed by atoms with Gasteiger partial charge in [-0.1, -0.05) is 29.6 Å². The number of anilines is 2. The van der Waals surface area contributed by atoms with E-state index >= 15 is 0 Å². The molecule has 0 bridgehead atoms. The third-order valence-electron chi connectivity index (χ3n) is 4.00. The normalized spacial score (nSPS) is 11.8. The molecule has 0 aliphatic heterocycles. The molecule has 33 heavy (non-hydrogen) atoms. The summed E-state index contributed by atoms with van der Waals surface area (Å²) >= 11 is 7.20. The molecule has 0 fully saturated rings. The van der Waals surface area contributed by atoms with Crippen LogP contribution < -0.4 is 15.4 Å². The molecule has 0 saturated carbocycles. The fourth-order valence-electron chi connectivity index (χ4n) is 2.60. The lowest BCUT2D eigenvalue weighted by Gasteiger charge is -2.13. The Kier molecular flexibility index (Phi) is 7.77. The van der Waals surface area contributed by atoms with E-state index in [2.05, 4.69) is 25.3 Å². The molecule has 0 spiro atoms. The Morgan fingerprint density at radius 2 is 1.82 bits per heavy atom. The van der Waals surface area contributed by atoms with Crippen LogP contribution in [0.4, 0.5) is 34.9 Å². The van der Waals surface area contributed by atoms with Crippen LogP contribution in [0, 0.1) is 5.82 Å². The van der Waals surface area contributed by atoms with E-state index in [1.165, 1.54) is 18.0 Å². The lowest BCUT2D eigenvalue weighted by molar-refractivity contribution is -0.137. The monoisotopic (exact) mass is 497 g/mol. The van der Waals surface area contributed by atoms with Crippen molar-refractivity contribution in [3.05, 3.63) is 82.6 Å². The number of nitrogens with one attached hydrogen (secondary N) is 3. The van der Waals surface area contributed by atoms with E-state index in [4.69, 9.17) is 11.6 Å². The van der Waals surface area contributed by atoms with Crippen LogP contribution in [-0.4, -0.2) is 23.1 Å². The molecule has 3 rings (SSSR count). The maximum Gasteiger partial charge on any atom is 0.416 e. The summed E-state index contributed by atoms with van der Waals surface area (Å²) in [7, 11) is 0. The highest BCUT2D eigenvalue weighted by atomic mass is 35.5. The number of aliphatic imine (C=N–C) groups is 1. The van der Waals surface area contributed by atoms with Crippen LogP contribution in [0.3, 0.4) is 0 Å². The van der Waals surface area contributed by atoms with Gasteiger partial charge in [-0.25, -0.2) is 9.37 Å². The molecule has 1 aromatic heterocycles. The molecule has 1 amide bonds. The molecular weight excluding hydrogens is 482 g/mol. The molecule has 6 nitrogen and oxygen atoms in total. The summed E-state index contributed by atoms with van der Waals surface area (Å²) in [5, 5.41) is 5.32. The molecule has 172 valence electrons. The van der Waals surface area contributed by atoms with Gasteiger partial charge in [0.2, 0.25) is 5.96 Å². The summed E-state index contributed by atoms with van der Waals surface area (Å²) in [6.45, 7) is 0. The highest BCUT2D eigenvalue weighted by Gasteiger charge is 2.30. The quantitative estimate of drug-likeness (QED) is 0.171. The Hall–Kier alpha value is -3.31. The summed E-state index contributed by atoms with van der Waals surface area (Å²) in [4.78, 5) is 21.2. The molecule has 12 heteroatoms. The van der Waals surface area contributed by atoms with Gasteiger partial charge in [0.05, 0.1) is 5.56 Å². The summed E-state index contributed by atoms with van der Waals surface area (Å²) in [5.41, 5.74) is -0.742. The van der Waals surface area contributed by atoms with Crippen LogP contribution >= 0.6 is 23.5 Å². The molecule has 1 heterocycles. The van der Waals surface area contributed by atoms with E-state index in [-0.39, 0.29) is 28.1 Å². The first-order valence-electron chi connectivity index (χ1n) is 9.20. The molecule has 0 aliphatic rings. The number of halogens is 5. The number of rotatable bonds is 5. The third-order valence-corrected chi connectivity index (χ3v) is 4.63. The smallest absolute Gasteiger partial charge is 0.325 e. The van der Waals surface area contributed by atoms with Gasteiger partial charge in [0.25, 0.3) is 5.91 Å². The second-order valence-corrected chi connectivity index (χ2v) is 7.51.